The van der Waals surface area contributed by atoms with Gasteiger partial charge in [0.1, 0.15) is 11.9 Å². The van der Waals surface area contributed by atoms with Crippen LogP contribution in [0.1, 0.15) is 30.6 Å². The molecule has 0 heterocycles. The molecule has 0 spiro atoms. The second-order valence-electron chi connectivity index (χ2n) is 6.85. The van der Waals surface area contributed by atoms with Gasteiger partial charge in [0.05, 0.1) is 11.6 Å². The van der Waals surface area contributed by atoms with Crippen molar-refractivity contribution in [2.75, 3.05) is 11.9 Å². The summed E-state index contributed by atoms with van der Waals surface area (Å²) in [4.78, 5) is 12.6. The molecule has 0 saturated carbocycles. The summed E-state index contributed by atoms with van der Waals surface area (Å²) in [7, 11) is 0. The minimum atomic E-state index is -0.637. The molecule has 0 bridgehead atoms. The molecule has 3 N–H and O–H groups in total. The van der Waals surface area contributed by atoms with Crippen LogP contribution in [-0.4, -0.2) is 22.9 Å². The number of phenols is 1. The molecule has 2 atom stereocenters. The fraction of sp³-hybridized carbons (Fsp3) is 0.217. The molecule has 0 fully saturated rings. The Morgan fingerprint density at radius 3 is 2.45 bits per heavy atom. The van der Waals surface area contributed by atoms with Gasteiger partial charge in [0.2, 0.25) is 0 Å². The molecule has 0 saturated heterocycles. The summed E-state index contributed by atoms with van der Waals surface area (Å²) in [6, 6.07) is 19.2. The first-order chi connectivity index (χ1) is 14.0. The third kappa shape index (κ3) is 4.65. The Balaban J connectivity index is 1.89. The van der Waals surface area contributed by atoms with Crippen LogP contribution in [-0.2, 0) is 4.74 Å². The number of fused-ring (bicyclic) bond motifs is 1. The number of nitriles is 1. The van der Waals surface area contributed by atoms with Crippen molar-refractivity contribution >= 4 is 22.6 Å². The molecule has 0 aliphatic rings. The minimum Gasteiger partial charge on any atom is -0.507 e. The molecule has 6 heteroatoms. The van der Waals surface area contributed by atoms with Crippen LogP contribution in [0.3, 0.4) is 0 Å². The van der Waals surface area contributed by atoms with E-state index in [0.29, 0.717) is 23.1 Å². The number of aromatic hydroxyl groups is 1. The van der Waals surface area contributed by atoms with Crippen LogP contribution in [0.15, 0.2) is 60.7 Å². The lowest BCUT2D eigenvalue weighted by Crippen LogP contribution is -2.22. The van der Waals surface area contributed by atoms with Gasteiger partial charge in [-0.2, -0.15) is 5.26 Å². The number of carbonyl (C=O) groups excluding carboxylic acids is 1. The number of anilines is 1. The third-order valence-corrected chi connectivity index (χ3v) is 4.84. The van der Waals surface area contributed by atoms with Crippen molar-refractivity contribution in [2.45, 2.75) is 19.4 Å². The number of hydrogen-bond donors (Lipinski definition) is 3. The first kappa shape index (κ1) is 20.2. The summed E-state index contributed by atoms with van der Waals surface area (Å²) in [6.07, 6.45) is -0.808. The largest absolute Gasteiger partial charge is 0.507 e. The van der Waals surface area contributed by atoms with Gasteiger partial charge in [-0.05, 0) is 48.1 Å². The van der Waals surface area contributed by atoms with Gasteiger partial charge in [-0.1, -0.05) is 37.3 Å². The number of amides is 1. The molecule has 3 aromatic rings. The smallest absolute Gasteiger partial charge is 0.412 e. The maximum absolute atomic E-state index is 12.6. The molecule has 0 radical (unpaired) electrons. The standard InChI is InChI=1S/C23H22N2O4/c1-15(12-13-26)22(20-10-11-21(27)19-5-3-2-4-18(19)20)29-23(28)25-17-8-6-16(14-24)7-9-17/h2-11,15,22,26-27H,12-13H2,1H3,(H,25,28)/t15-,22+/m1/s1. The first-order valence-electron chi connectivity index (χ1n) is 9.32. The number of rotatable bonds is 6. The number of benzene rings is 3. The zero-order valence-electron chi connectivity index (χ0n) is 16.0. The molecular weight excluding hydrogens is 368 g/mol. The maximum Gasteiger partial charge on any atom is 0.412 e. The van der Waals surface area contributed by atoms with Crippen molar-refractivity contribution in [3.63, 3.8) is 0 Å². The van der Waals surface area contributed by atoms with E-state index in [2.05, 4.69) is 5.32 Å². The number of phenolic OH excluding ortho intramolecular Hbond substituents is 1. The van der Waals surface area contributed by atoms with Crippen LogP contribution < -0.4 is 5.32 Å². The van der Waals surface area contributed by atoms with Crippen LogP contribution in [0.5, 0.6) is 5.75 Å². The number of ether oxygens (including phenoxy) is 1. The molecule has 0 unspecified atom stereocenters. The fourth-order valence-electron chi connectivity index (χ4n) is 3.29. The van der Waals surface area contributed by atoms with Gasteiger partial charge in [0.15, 0.2) is 0 Å². The first-order valence-corrected chi connectivity index (χ1v) is 9.32. The molecule has 29 heavy (non-hydrogen) atoms. The van der Waals surface area contributed by atoms with E-state index in [9.17, 15) is 15.0 Å². The highest BCUT2D eigenvalue weighted by Crippen LogP contribution is 2.36. The summed E-state index contributed by atoms with van der Waals surface area (Å²) < 4.78 is 5.75. The van der Waals surface area contributed by atoms with Gasteiger partial charge < -0.3 is 14.9 Å². The lowest BCUT2D eigenvalue weighted by atomic mass is 9.91. The van der Waals surface area contributed by atoms with Crippen molar-refractivity contribution in [1.82, 2.24) is 0 Å². The summed E-state index contributed by atoms with van der Waals surface area (Å²) in [5.41, 5.74) is 1.77. The van der Waals surface area contributed by atoms with Gasteiger partial charge in [-0.3, -0.25) is 5.32 Å². The molecule has 3 aromatic carbocycles. The lowest BCUT2D eigenvalue weighted by molar-refractivity contribution is 0.0676. The Bertz CT molecular complexity index is 1040. The van der Waals surface area contributed by atoms with Crippen molar-refractivity contribution in [3.05, 3.63) is 71.8 Å². The van der Waals surface area contributed by atoms with Gasteiger partial charge >= 0.3 is 6.09 Å². The van der Waals surface area contributed by atoms with Crippen molar-refractivity contribution in [1.29, 1.82) is 5.26 Å². The highest BCUT2D eigenvalue weighted by molar-refractivity contribution is 5.91. The van der Waals surface area contributed by atoms with E-state index in [0.717, 1.165) is 10.9 Å². The normalized spacial score (nSPS) is 12.7. The Hall–Kier alpha value is -3.56. The van der Waals surface area contributed by atoms with Crippen molar-refractivity contribution < 1.29 is 19.7 Å². The second kappa shape index (κ2) is 9.09. The van der Waals surface area contributed by atoms with Crippen molar-refractivity contribution in [2.24, 2.45) is 5.92 Å². The average molecular weight is 390 g/mol. The number of nitrogens with zero attached hydrogens (tertiary/aromatic N) is 1. The topological polar surface area (TPSA) is 103 Å². The molecule has 148 valence electrons. The SMILES string of the molecule is C[C@H](CCO)[C@H](OC(=O)Nc1ccc(C#N)cc1)c1ccc(O)c2ccccc12. The molecule has 3 rings (SSSR count). The number of carbonyl (C=O) groups is 1. The molecule has 0 aliphatic heterocycles. The molecule has 0 aliphatic carbocycles. The van der Waals surface area contributed by atoms with E-state index in [1.54, 1.807) is 42.5 Å². The number of nitrogens with one attached hydrogen (secondary N) is 1. The van der Waals surface area contributed by atoms with E-state index < -0.39 is 12.2 Å². The molecule has 6 nitrogen and oxygen atoms in total. The number of aliphatic hydroxyl groups is 1. The summed E-state index contributed by atoms with van der Waals surface area (Å²) >= 11 is 0. The van der Waals surface area contributed by atoms with Gasteiger partial charge in [-0.25, -0.2) is 4.79 Å². The Kier molecular flexibility index (Phi) is 6.32. The predicted octanol–water partition coefficient (Wildman–Crippen LogP) is 4.73. The summed E-state index contributed by atoms with van der Waals surface area (Å²) in [6.45, 7) is 1.87. The molecular formula is C23H22N2O4. The van der Waals surface area contributed by atoms with E-state index in [1.165, 1.54) is 0 Å². The van der Waals surface area contributed by atoms with Gasteiger partial charge in [-0.15, -0.1) is 0 Å². The van der Waals surface area contributed by atoms with E-state index >= 15 is 0 Å². The van der Waals surface area contributed by atoms with E-state index in [4.69, 9.17) is 10.00 Å². The number of aliphatic hydroxyl groups excluding tert-OH is 1. The minimum absolute atomic E-state index is 0.0334. The Morgan fingerprint density at radius 1 is 1.10 bits per heavy atom. The van der Waals surface area contributed by atoms with E-state index in [1.807, 2.05) is 31.2 Å². The van der Waals surface area contributed by atoms with Crippen LogP contribution in [0.2, 0.25) is 0 Å². The third-order valence-electron chi connectivity index (χ3n) is 4.84. The quantitative estimate of drug-likeness (QED) is 0.565. The highest BCUT2D eigenvalue weighted by Gasteiger charge is 2.26. The van der Waals surface area contributed by atoms with Gasteiger partial charge in [0, 0.05) is 23.2 Å². The zero-order valence-corrected chi connectivity index (χ0v) is 16.0. The van der Waals surface area contributed by atoms with Crippen LogP contribution in [0.25, 0.3) is 10.8 Å². The average Bonchev–Trinajstić information content (AvgIpc) is 2.73. The predicted molar refractivity (Wildman–Crippen MR) is 110 cm³/mol. The van der Waals surface area contributed by atoms with E-state index in [-0.39, 0.29) is 18.3 Å². The Morgan fingerprint density at radius 2 is 1.79 bits per heavy atom. The molecule has 0 aromatic heterocycles. The lowest BCUT2D eigenvalue weighted by Gasteiger charge is -2.25. The van der Waals surface area contributed by atoms with Crippen LogP contribution in [0, 0.1) is 17.2 Å². The highest BCUT2D eigenvalue weighted by atomic mass is 16.6. The maximum atomic E-state index is 12.6. The van der Waals surface area contributed by atoms with Crippen molar-refractivity contribution in [3.8, 4) is 11.8 Å². The van der Waals surface area contributed by atoms with Gasteiger partial charge in [0.25, 0.3) is 0 Å². The number of hydrogen-bond acceptors (Lipinski definition) is 5. The van der Waals surface area contributed by atoms with Crippen LogP contribution in [0.4, 0.5) is 10.5 Å². The summed E-state index contributed by atoms with van der Waals surface area (Å²) in [5.74, 6) is -0.000362. The van der Waals surface area contributed by atoms with Crippen LogP contribution >= 0.6 is 0 Å². The second-order valence-corrected chi connectivity index (χ2v) is 6.85. The Labute approximate surface area is 169 Å². The summed E-state index contributed by atoms with van der Waals surface area (Å²) in [5, 5.41) is 32.5. The monoisotopic (exact) mass is 390 g/mol. The zero-order chi connectivity index (χ0) is 20.8. The fourth-order valence-corrected chi connectivity index (χ4v) is 3.29. The molecule has 1 amide bonds.